The first kappa shape index (κ1) is 15.0. The molecule has 0 radical (unpaired) electrons. The SMILES string of the molecule is COC(=O)Cn1nnnc1SCc1ccoc1C(=O)OC. The van der Waals surface area contributed by atoms with Crippen molar-refractivity contribution in [2.75, 3.05) is 14.2 Å². The quantitative estimate of drug-likeness (QED) is 0.556. The van der Waals surface area contributed by atoms with Gasteiger partial charge in [-0.05, 0) is 16.5 Å². The average molecular weight is 312 g/mol. The Hall–Kier alpha value is -2.36. The molecule has 0 aliphatic carbocycles. The molecular weight excluding hydrogens is 300 g/mol. The number of methoxy groups -OCH3 is 2. The summed E-state index contributed by atoms with van der Waals surface area (Å²) < 4.78 is 15.6. The molecule has 0 N–H and O–H groups in total. The zero-order chi connectivity index (χ0) is 15.2. The van der Waals surface area contributed by atoms with Crippen molar-refractivity contribution in [3.63, 3.8) is 0 Å². The second kappa shape index (κ2) is 6.88. The van der Waals surface area contributed by atoms with Gasteiger partial charge in [0.05, 0.1) is 20.5 Å². The van der Waals surface area contributed by atoms with Gasteiger partial charge >= 0.3 is 11.9 Å². The van der Waals surface area contributed by atoms with Gasteiger partial charge in [-0.2, -0.15) is 0 Å². The second-order valence-corrected chi connectivity index (χ2v) is 4.69. The van der Waals surface area contributed by atoms with Gasteiger partial charge in [-0.15, -0.1) is 5.10 Å². The van der Waals surface area contributed by atoms with Crippen molar-refractivity contribution in [1.82, 2.24) is 20.2 Å². The van der Waals surface area contributed by atoms with Crippen LogP contribution in [0.1, 0.15) is 16.1 Å². The Morgan fingerprint density at radius 2 is 2.19 bits per heavy atom. The van der Waals surface area contributed by atoms with Crippen LogP contribution in [0.4, 0.5) is 0 Å². The normalized spacial score (nSPS) is 10.4. The molecule has 10 heteroatoms. The molecule has 9 nitrogen and oxygen atoms in total. The van der Waals surface area contributed by atoms with Gasteiger partial charge in [-0.1, -0.05) is 11.8 Å². The van der Waals surface area contributed by atoms with Crippen molar-refractivity contribution in [2.24, 2.45) is 0 Å². The van der Waals surface area contributed by atoms with E-state index in [4.69, 9.17) is 4.42 Å². The largest absolute Gasteiger partial charge is 0.468 e. The highest BCUT2D eigenvalue weighted by Crippen LogP contribution is 2.23. The fraction of sp³-hybridized carbons (Fsp3) is 0.364. The number of rotatable bonds is 6. The van der Waals surface area contributed by atoms with E-state index in [9.17, 15) is 9.59 Å². The van der Waals surface area contributed by atoms with Crippen LogP contribution < -0.4 is 0 Å². The smallest absolute Gasteiger partial charge is 0.374 e. The van der Waals surface area contributed by atoms with E-state index in [2.05, 4.69) is 25.0 Å². The van der Waals surface area contributed by atoms with Gasteiger partial charge in [-0.25, -0.2) is 9.48 Å². The molecule has 0 aliphatic heterocycles. The predicted molar refractivity (Wildman–Crippen MR) is 69.4 cm³/mol. The third-order valence-corrected chi connectivity index (χ3v) is 3.49. The van der Waals surface area contributed by atoms with E-state index in [1.807, 2.05) is 0 Å². The highest BCUT2D eigenvalue weighted by molar-refractivity contribution is 7.98. The van der Waals surface area contributed by atoms with Gasteiger partial charge in [0.15, 0.2) is 0 Å². The molecule has 0 atom stereocenters. The summed E-state index contributed by atoms with van der Waals surface area (Å²) in [5.41, 5.74) is 0.652. The second-order valence-electron chi connectivity index (χ2n) is 3.75. The summed E-state index contributed by atoms with van der Waals surface area (Å²) in [7, 11) is 2.56. The van der Waals surface area contributed by atoms with Gasteiger partial charge in [0.25, 0.3) is 0 Å². The standard InChI is InChI=1S/C11H12N4O5S/c1-18-8(16)5-15-11(12-13-14-15)21-6-7-3-4-20-9(7)10(17)19-2/h3-4H,5-6H2,1-2H3. The maximum absolute atomic E-state index is 11.5. The number of carbonyl (C=O) groups excluding carboxylic acids is 2. The molecular formula is C11H12N4O5S. The first-order valence-corrected chi connectivity index (χ1v) is 6.74. The number of thioether (sulfide) groups is 1. The maximum Gasteiger partial charge on any atom is 0.374 e. The summed E-state index contributed by atoms with van der Waals surface area (Å²) in [4.78, 5) is 22.7. The Morgan fingerprint density at radius 1 is 1.38 bits per heavy atom. The highest BCUT2D eigenvalue weighted by atomic mass is 32.2. The van der Waals surface area contributed by atoms with Crippen molar-refractivity contribution in [2.45, 2.75) is 17.5 Å². The van der Waals surface area contributed by atoms with Crippen LogP contribution in [0.3, 0.4) is 0 Å². The number of tetrazole rings is 1. The van der Waals surface area contributed by atoms with Gasteiger partial charge in [0.2, 0.25) is 10.9 Å². The molecule has 0 saturated carbocycles. The predicted octanol–water partition coefficient (Wildman–Crippen LogP) is 0.518. The van der Waals surface area contributed by atoms with E-state index in [0.29, 0.717) is 16.5 Å². The maximum atomic E-state index is 11.5. The molecule has 2 rings (SSSR count). The summed E-state index contributed by atoms with van der Waals surface area (Å²) in [6.45, 7) is -0.0823. The molecule has 2 heterocycles. The zero-order valence-electron chi connectivity index (χ0n) is 11.3. The number of ether oxygens (including phenoxy) is 2. The average Bonchev–Trinajstić information content (AvgIpc) is 3.13. The van der Waals surface area contributed by atoms with Crippen LogP contribution in [0.2, 0.25) is 0 Å². The van der Waals surface area contributed by atoms with Crippen LogP contribution in [-0.4, -0.2) is 46.4 Å². The molecule has 0 fully saturated rings. The molecule has 0 amide bonds. The lowest BCUT2D eigenvalue weighted by Gasteiger charge is -2.03. The minimum Gasteiger partial charge on any atom is -0.468 e. The first-order chi connectivity index (χ1) is 10.2. The van der Waals surface area contributed by atoms with E-state index in [1.54, 1.807) is 6.07 Å². The minimum atomic E-state index is -0.551. The van der Waals surface area contributed by atoms with Crippen molar-refractivity contribution in [3.05, 3.63) is 23.7 Å². The fourth-order valence-corrected chi connectivity index (χ4v) is 2.31. The van der Waals surface area contributed by atoms with Gasteiger partial charge in [-0.3, -0.25) is 4.79 Å². The van der Waals surface area contributed by atoms with Crippen molar-refractivity contribution >= 4 is 23.7 Å². The van der Waals surface area contributed by atoms with Crippen LogP contribution >= 0.6 is 11.8 Å². The Kier molecular flexibility index (Phi) is 4.93. The molecule has 112 valence electrons. The monoisotopic (exact) mass is 312 g/mol. The lowest BCUT2D eigenvalue weighted by Crippen LogP contribution is -2.13. The lowest BCUT2D eigenvalue weighted by atomic mass is 10.3. The van der Waals surface area contributed by atoms with Gasteiger partial charge < -0.3 is 13.9 Å². The number of hydrogen-bond acceptors (Lipinski definition) is 9. The number of carbonyl (C=O) groups is 2. The molecule has 0 spiro atoms. The summed E-state index contributed by atoms with van der Waals surface area (Å²) in [5.74, 6) is -0.480. The molecule has 2 aromatic rings. The molecule has 0 unspecified atom stereocenters. The van der Waals surface area contributed by atoms with Gasteiger partial charge in [0, 0.05) is 11.3 Å². The Bertz CT molecular complexity index is 638. The summed E-state index contributed by atoms with van der Waals surface area (Å²) in [5, 5.41) is 11.4. The zero-order valence-corrected chi connectivity index (χ0v) is 12.1. The lowest BCUT2D eigenvalue weighted by molar-refractivity contribution is -0.141. The topological polar surface area (TPSA) is 109 Å². The Balaban J connectivity index is 2.04. The number of nitrogens with zero attached hydrogens (tertiary/aromatic N) is 4. The number of furan rings is 1. The molecule has 0 saturated heterocycles. The summed E-state index contributed by atoms with van der Waals surface area (Å²) in [6.07, 6.45) is 1.40. The number of esters is 2. The first-order valence-electron chi connectivity index (χ1n) is 5.76. The third-order valence-electron chi connectivity index (χ3n) is 2.48. The third kappa shape index (κ3) is 3.60. The van der Waals surface area contributed by atoms with Crippen LogP contribution in [0, 0.1) is 0 Å². The molecule has 0 aromatic carbocycles. The van der Waals surface area contributed by atoms with E-state index >= 15 is 0 Å². The molecule has 0 aliphatic rings. The Labute approximate surface area is 123 Å². The fourth-order valence-electron chi connectivity index (χ4n) is 1.45. The van der Waals surface area contributed by atoms with Crippen LogP contribution in [0.15, 0.2) is 21.9 Å². The number of aromatic nitrogens is 4. The van der Waals surface area contributed by atoms with Crippen molar-refractivity contribution in [1.29, 1.82) is 0 Å². The molecule has 0 bridgehead atoms. The number of hydrogen-bond donors (Lipinski definition) is 0. The minimum absolute atomic E-state index is 0.0823. The van der Waals surface area contributed by atoms with Gasteiger partial charge in [0.1, 0.15) is 6.54 Å². The van der Waals surface area contributed by atoms with Crippen LogP contribution in [-0.2, 0) is 26.6 Å². The van der Waals surface area contributed by atoms with E-state index < -0.39 is 11.9 Å². The van der Waals surface area contributed by atoms with E-state index in [-0.39, 0.29) is 12.3 Å². The van der Waals surface area contributed by atoms with Crippen molar-refractivity contribution < 1.29 is 23.5 Å². The summed E-state index contributed by atoms with van der Waals surface area (Å²) >= 11 is 1.26. The van der Waals surface area contributed by atoms with Crippen molar-refractivity contribution in [3.8, 4) is 0 Å². The Morgan fingerprint density at radius 3 is 2.90 bits per heavy atom. The molecule has 2 aromatic heterocycles. The van der Waals surface area contributed by atoms with E-state index in [0.717, 1.165) is 0 Å². The van der Waals surface area contributed by atoms with E-state index in [1.165, 1.54) is 36.9 Å². The highest BCUT2D eigenvalue weighted by Gasteiger charge is 2.17. The van der Waals surface area contributed by atoms with Crippen LogP contribution in [0.5, 0.6) is 0 Å². The molecule has 21 heavy (non-hydrogen) atoms. The van der Waals surface area contributed by atoms with Crippen LogP contribution in [0.25, 0.3) is 0 Å². The summed E-state index contributed by atoms with van der Waals surface area (Å²) in [6, 6.07) is 1.66.